The van der Waals surface area contributed by atoms with Gasteiger partial charge < -0.3 is 35.6 Å². The van der Waals surface area contributed by atoms with E-state index in [0.717, 1.165) is 19.3 Å². The fourth-order valence-corrected chi connectivity index (χ4v) is 4.93. The molecule has 0 fully saturated rings. The Kier molecular flexibility index (Phi) is 16.1. The van der Waals surface area contributed by atoms with Gasteiger partial charge in [0.2, 0.25) is 0 Å². The lowest BCUT2D eigenvalue weighted by Crippen LogP contribution is -2.27. The Hall–Kier alpha value is -2.06. The highest BCUT2D eigenvalue weighted by atomic mass is 32.1. The van der Waals surface area contributed by atoms with Gasteiger partial charge in [0.05, 0.1) is 31.4 Å². The highest BCUT2D eigenvalue weighted by molar-refractivity contribution is 7.12. The van der Waals surface area contributed by atoms with Crippen LogP contribution in [-0.4, -0.2) is 76.3 Å². The Morgan fingerprint density at radius 2 is 1.46 bits per heavy atom. The van der Waals surface area contributed by atoms with E-state index in [2.05, 4.69) is 58.8 Å². The van der Waals surface area contributed by atoms with Crippen LogP contribution in [0.25, 0.3) is 0 Å². The average Bonchev–Trinajstić information content (AvgIpc) is 3.41. The summed E-state index contributed by atoms with van der Waals surface area (Å²) in [6, 6.07) is 8.47. The van der Waals surface area contributed by atoms with Crippen molar-refractivity contribution in [3.63, 3.8) is 0 Å². The minimum atomic E-state index is -0.502. The molecule has 0 bridgehead atoms. The highest BCUT2D eigenvalue weighted by Gasteiger charge is 2.03. The Bertz CT molecular complexity index is 870. The largest absolute Gasteiger partial charge is 0.375 e. The fraction of sp³-hybridized carbons (Fsp3) is 0.565. The lowest BCUT2D eigenvalue weighted by atomic mass is 10.4. The number of thiophene rings is 2. The topological polar surface area (TPSA) is 118 Å². The van der Waals surface area contributed by atoms with Gasteiger partial charge in [-0.3, -0.25) is 10.1 Å². The molecule has 2 heterocycles. The number of ether oxygens (including phenoxy) is 2. The van der Waals surface area contributed by atoms with E-state index in [-0.39, 0.29) is 0 Å². The smallest absolute Gasteiger partial charge is 0.274 e. The Morgan fingerprint density at radius 1 is 0.971 bits per heavy atom. The highest BCUT2D eigenvalue weighted by Crippen LogP contribution is 2.19. The molecule has 0 atom stereocenters. The third-order valence-corrected chi connectivity index (χ3v) is 6.28. The number of nitrogens with zero attached hydrogens (tertiary/aromatic N) is 3. The van der Waals surface area contributed by atoms with Crippen molar-refractivity contribution in [1.82, 2.24) is 20.4 Å². The number of nitrogens with two attached hydrogens (primary N) is 1. The predicted octanol–water partition coefficient (Wildman–Crippen LogP) is 2.50. The van der Waals surface area contributed by atoms with Crippen LogP contribution in [0.2, 0.25) is 0 Å². The molecule has 4 N–H and O–H groups in total. The summed E-state index contributed by atoms with van der Waals surface area (Å²) < 4.78 is 10.9. The van der Waals surface area contributed by atoms with Crippen LogP contribution < -0.4 is 16.4 Å². The first-order valence-corrected chi connectivity index (χ1v) is 12.9. The maximum Gasteiger partial charge on any atom is 0.274 e. The molecule has 35 heavy (non-hydrogen) atoms. The van der Waals surface area contributed by atoms with Gasteiger partial charge in [0.25, 0.3) is 6.20 Å². The van der Waals surface area contributed by atoms with E-state index in [1.165, 1.54) is 19.5 Å². The summed E-state index contributed by atoms with van der Waals surface area (Å²) in [4.78, 5) is 19.3. The quantitative estimate of drug-likeness (QED) is 0.172. The minimum absolute atomic E-state index is 0.369. The molecule has 0 aliphatic rings. The second kappa shape index (κ2) is 18.2. The van der Waals surface area contributed by atoms with Crippen LogP contribution in [0, 0.1) is 10.1 Å². The molecular formula is C23H40N6O4S2. The molecule has 0 aliphatic carbocycles. The third kappa shape index (κ3) is 15.5. The van der Waals surface area contributed by atoms with Crippen molar-refractivity contribution < 1.29 is 14.4 Å². The van der Waals surface area contributed by atoms with E-state index in [0.29, 0.717) is 45.3 Å². The summed E-state index contributed by atoms with van der Waals surface area (Å²) in [5, 5.41) is 15.9. The molecule has 0 aromatic carbocycles. The van der Waals surface area contributed by atoms with Crippen LogP contribution in [0.3, 0.4) is 0 Å². The monoisotopic (exact) mass is 528 g/mol. The van der Waals surface area contributed by atoms with Crippen LogP contribution >= 0.6 is 22.7 Å². The lowest BCUT2D eigenvalue weighted by molar-refractivity contribution is -0.404. The summed E-state index contributed by atoms with van der Waals surface area (Å²) in [5.74, 6) is 0.369. The summed E-state index contributed by atoms with van der Waals surface area (Å²) in [5.41, 5.74) is 5.34. The van der Waals surface area contributed by atoms with Gasteiger partial charge >= 0.3 is 0 Å². The molecule has 2 aromatic heterocycles. The molecule has 0 radical (unpaired) electrons. The second-order valence-corrected chi connectivity index (χ2v) is 10.6. The number of hydrogen-bond donors (Lipinski definition) is 3. The lowest BCUT2D eigenvalue weighted by Gasteiger charge is -2.08. The van der Waals surface area contributed by atoms with Crippen LogP contribution in [0.4, 0.5) is 0 Å². The van der Waals surface area contributed by atoms with Gasteiger partial charge in [-0.1, -0.05) is 0 Å². The van der Waals surface area contributed by atoms with Crippen molar-refractivity contribution in [3.05, 3.63) is 65.9 Å². The van der Waals surface area contributed by atoms with Gasteiger partial charge in [-0.25, -0.2) is 0 Å². The van der Waals surface area contributed by atoms with Crippen molar-refractivity contribution in [3.8, 4) is 0 Å². The van der Waals surface area contributed by atoms with Crippen LogP contribution in [0.15, 0.2) is 36.3 Å². The van der Waals surface area contributed by atoms with Crippen molar-refractivity contribution >= 4 is 22.7 Å². The third-order valence-electron chi connectivity index (χ3n) is 4.20. The number of nitrogens with one attached hydrogen (secondary N) is 2. The van der Waals surface area contributed by atoms with E-state index in [1.54, 1.807) is 29.7 Å². The molecule has 12 heteroatoms. The van der Waals surface area contributed by atoms with E-state index in [4.69, 9.17) is 15.2 Å². The molecule has 10 nitrogen and oxygen atoms in total. The Labute approximate surface area is 216 Å². The van der Waals surface area contributed by atoms with E-state index >= 15 is 0 Å². The van der Waals surface area contributed by atoms with Crippen LogP contribution in [0.1, 0.15) is 19.5 Å². The average molecular weight is 529 g/mol. The van der Waals surface area contributed by atoms with Gasteiger partial charge in [-0.15, -0.1) is 22.7 Å². The van der Waals surface area contributed by atoms with Gasteiger partial charge in [-0.2, -0.15) is 0 Å². The fourth-order valence-electron chi connectivity index (χ4n) is 2.78. The molecule has 0 amide bonds. The zero-order valence-corrected chi connectivity index (χ0v) is 23.0. The van der Waals surface area contributed by atoms with Crippen molar-refractivity contribution in [2.45, 2.75) is 26.3 Å². The molecule has 0 spiro atoms. The molecule has 2 aromatic rings. The number of hydrogen-bond acceptors (Lipinski definition) is 11. The molecule has 198 valence electrons. The zero-order chi connectivity index (χ0) is 26.1. The molecule has 0 saturated carbocycles. The van der Waals surface area contributed by atoms with Gasteiger partial charge in [0, 0.05) is 52.7 Å². The van der Waals surface area contributed by atoms with Crippen LogP contribution in [0.5, 0.6) is 0 Å². The molecule has 0 unspecified atom stereocenters. The van der Waals surface area contributed by atoms with Gasteiger partial charge in [0.15, 0.2) is 5.82 Å². The Morgan fingerprint density at radius 3 is 1.89 bits per heavy atom. The molecule has 0 saturated heterocycles. The van der Waals surface area contributed by atoms with E-state index < -0.39 is 4.92 Å². The summed E-state index contributed by atoms with van der Waals surface area (Å²) in [6.45, 7) is 5.42. The normalized spacial score (nSPS) is 11.5. The maximum absolute atomic E-state index is 10.3. The second-order valence-electron chi connectivity index (χ2n) is 8.11. The van der Waals surface area contributed by atoms with Gasteiger partial charge in [0.1, 0.15) is 0 Å². The summed E-state index contributed by atoms with van der Waals surface area (Å²) in [6.07, 6.45) is 0.896. The number of rotatable bonds is 16. The van der Waals surface area contributed by atoms with Gasteiger partial charge in [-0.05, 0) is 52.5 Å². The zero-order valence-electron chi connectivity index (χ0n) is 21.4. The minimum Gasteiger partial charge on any atom is -0.375 e. The van der Waals surface area contributed by atoms with E-state index in [9.17, 15) is 10.1 Å². The molecule has 2 rings (SSSR count). The first kappa shape index (κ1) is 31.0. The van der Waals surface area contributed by atoms with Crippen molar-refractivity contribution in [2.75, 3.05) is 61.5 Å². The summed E-state index contributed by atoms with van der Waals surface area (Å²) >= 11 is 3.54. The standard InChI is InChI=1S/C13H22N4O3S.C10H18N2OS/c1-14-13(9-17(18)19)15-6-7-20-10-12-5-4-11(21-12)8-16(2)3;1-12(2)7-9-3-4-10(14-9)8-13-6-5-11/h4-5,9,14-15H,6-8,10H2,1-3H3;3-4H,5-8,11H2,1-2H3/b13-9+;. The van der Waals surface area contributed by atoms with E-state index in [1.807, 2.05) is 14.1 Å². The Balaban J connectivity index is 0.000000379. The SMILES string of the molecule is CN(C)Cc1ccc(COCCN)s1.CN/C(=C\[N+](=O)[O-])NCCOCc1ccc(CN(C)C)s1. The molecule has 0 aliphatic heterocycles. The first-order valence-electron chi connectivity index (χ1n) is 11.3. The number of nitro groups is 1. The summed E-state index contributed by atoms with van der Waals surface area (Å²) in [7, 11) is 9.86. The maximum atomic E-state index is 10.3. The van der Waals surface area contributed by atoms with Crippen LogP contribution in [-0.2, 0) is 35.8 Å². The van der Waals surface area contributed by atoms with Crippen molar-refractivity contribution in [2.24, 2.45) is 5.73 Å². The first-order chi connectivity index (χ1) is 16.7. The predicted molar refractivity (Wildman–Crippen MR) is 144 cm³/mol. The van der Waals surface area contributed by atoms with Crippen molar-refractivity contribution in [1.29, 1.82) is 0 Å². The molecular weight excluding hydrogens is 488 g/mol.